The first-order chi connectivity index (χ1) is 13.8. The molecule has 0 radical (unpaired) electrons. The van der Waals surface area contributed by atoms with Crippen LogP contribution in [0.4, 0.5) is 24.5 Å². The maximum absolute atomic E-state index is 13.7. The molecule has 1 unspecified atom stereocenters. The van der Waals surface area contributed by atoms with E-state index in [1.807, 2.05) is 0 Å². The second-order valence-corrected chi connectivity index (χ2v) is 6.46. The number of amides is 2. The molecule has 0 bridgehead atoms. The monoisotopic (exact) mass is 405 g/mol. The molecule has 3 heterocycles. The molecule has 1 aromatic carbocycles. The van der Waals surface area contributed by atoms with Gasteiger partial charge in [0.2, 0.25) is 11.8 Å². The van der Waals surface area contributed by atoms with Crippen LogP contribution in [0.3, 0.4) is 0 Å². The summed E-state index contributed by atoms with van der Waals surface area (Å²) in [6, 6.07) is 8.09. The maximum Gasteiger partial charge on any atom is 0.409 e. The fourth-order valence-electron chi connectivity index (χ4n) is 3.27. The van der Waals surface area contributed by atoms with E-state index in [9.17, 15) is 27.6 Å². The molecular formula is C18H14F3N5O3. The number of hydrogen-bond acceptors (Lipinski definition) is 4. The average Bonchev–Trinajstić information content (AvgIpc) is 2.88. The van der Waals surface area contributed by atoms with Gasteiger partial charge in [-0.25, -0.2) is 9.48 Å². The van der Waals surface area contributed by atoms with Crippen LogP contribution in [0.15, 0.2) is 53.5 Å². The molecule has 2 amide bonds. The van der Waals surface area contributed by atoms with Crippen molar-refractivity contribution in [2.24, 2.45) is 0 Å². The van der Waals surface area contributed by atoms with Gasteiger partial charge < -0.3 is 5.32 Å². The zero-order chi connectivity index (χ0) is 20.8. The van der Waals surface area contributed by atoms with Gasteiger partial charge in [0.1, 0.15) is 12.6 Å². The first-order valence-corrected chi connectivity index (χ1v) is 8.57. The highest BCUT2D eigenvalue weighted by Gasteiger charge is 2.49. The van der Waals surface area contributed by atoms with Gasteiger partial charge in [-0.3, -0.25) is 18.9 Å². The van der Waals surface area contributed by atoms with Gasteiger partial charge in [-0.1, -0.05) is 18.2 Å². The fourth-order valence-corrected chi connectivity index (χ4v) is 3.27. The van der Waals surface area contributed by atoms with Gasteiger partial charge in [0.05, 0.1) is 17.8 Å². The number of pyridine rings is 1. The van der Waals surface area contributed by atoms with Crippen molar-refractivity contribution in [1.82, 2.24) is 14.2 Å². The third-order valence-electron chi connectivity index (χ3n) is 4.55. The Bertz CT molecular complexity index is 1170. The number of fused-ring (bicyclic) bond motifs is 2. The molecule has 2 aromatic heterocycles. The van der Waals surface area contributed by atoms with Crippen LogP contribution in [-0.4, -0.2) is 38.2 Å². The smallest absolute Gasteiger partial charge is 0.324 e. The van der Waals surface area contributed by atoms with Crippen LogP contribution in [0, 0.1) is 0 Å². The molecule has 4 rings (SSSR count). The Morgan fingerprint density at radius 3 is 2.59 bits per heavy atom. The number of nitrogens with one attached hydrogen (secondary N) is 1. The number of hydrogen-bond donors (Lipinski definition) is 1. The van der Waals surface area contributed by atoms with Gasteiger partial charge in [0.15, 0.2) is 5.65 Å². The number of benzene rings is 1. The summed E-state index contributed by atoms with van der Waals surface area (Å²) in [6.07, 6.45) is -4.37. The topological polar surface area (TPSA) is 88.7 Å². The molecule has 11 heteroatoms. The average molecular weight is 405 g/mol. The van der Waals surface area contributed by atoms with Crippen molar-refractivity contribution in [2.75, 3.05) is 10.2 Å². The van der Waals surface area contributed by atoms with Gasteiger partial charge in [-0.05, 0) is 24.3 Å². The first-order valence-electron chi connectivity index (χ1n) is 8.57. The maximum atomic E-state index is 13.7. The molecular weight excluding hydrogens is 391 g/mol. The van der Waals surface area contributed by atoms with Crippen molar-refractivity contribution in [3.8, 4) is 0 Å². The van der Waals surface area contributed by atoms with Crippen LogP contribution < -0.4 is 15.9 Å². The Hall–Kier alpha value is -3.63. The Balaban J connectivity index is 1.78. The van der Waals surface area contributed by atoms with Crippen LogP contribution in [0.5, 0.6) is 0 Å². The molecule has 3 aromatic rings. The molecule has 1 aliphatic rings. The molecule has 0 saturated heterocycles. The van der Waals surface area contributed by atoms with E-state index in [2.05, 4.69) is 10.4 Å². The lowest BCUT2D eigenvalue weighted by molar-refractivity contribution is -0.158. The highest BCUT2D eigenvalue weighted by molar-refractivity contribution is 6.04. The minimum absolute atomic E-state index is 0.0833. The largest absolute Gasteiger partial charge is 0.409 e. The van der Waals surface area contributed by atoms with Crippen molar-refractivity contribution >= 4 is 28.8 Å². The van der Waals surface area contributed by atoms with Crippen LogP contribution in [0.2, 0.25) is 0 Å². The van der Waals surface area contributed by atoms with E-state index >= 15 is 0 Å². The predicted molar refractivity (Wildman–Crippen MR) is 96.5 cm³/mol. The lowest BCUT2D eigenvalue weighted by atomic mass is 10.1. The second-order valence-electron chi connectivity index (χ2n) is 6.46. The number of carbonyl (C=O) groups is 2. The number of rotatable bonds is 2. The lowest BCUT2D eigenvalue weighted by Gasteiger charge is -2.31. The molecule has 8 nitrogen and oxygen atoms in total. The Kier molecular flexibility index (Phi) is 4.36. The summed E-state index contributed by atoms with van der Waals surface area (Å²) in [4.78, 5) is 37.8. The fraction of sp³-hybridized carbons (Fsp3) is 0.222. The molecule has 1 aliphatic heterocycles. The zero-order valence-corrected chi connectivity index (χ0v) is 14.8. The molecule has 0 fully saturated rings. The van der Waals surface area contributed by atoms with E-state index in [1.165, 1.54) is 40.9 Å². The molecule has 0 aliphatic carbocycles. The highest BCUT2D eigenvalue weighted by atomic mass is 19.4. The minimum Gasteiger partial charge on any atom is -0.324 e. The van der Waals surface area contributed by atoms with E-state index < -0.39 is 42.7 Å². The second kappa shape index (κ2) is 6.76. The molecule has 1 N–H and O–H groups in total. The lowest BCUT2D eigenvalue weighted by Crippen LogP contribution is -2.51. The van der Waals surface area contributed by atoms with Gasteiger partial charge in [0.25, 0.3) is 0 Å². The summed E-state index contributed by atoms with van der Waals surface area (Å²) < 4.78 is 43.1. The highest BCUT2D eigenvalue weighted by Crippen LogP contribution is 2.37. The number of aromatic nitrogens is 3. The summed E-state index contributed by atoms with van der Waals surface area (Å²) in [5, 5.41) is 6.37. The number of carbonyl (C=O) groups excluding carboxylic acids is 2. The molecule has 0 spiro atoms. The zero-order valence-electron chi connectivity index (χ0n) is 14.8. The Morgan fingerprint density at radius 1 is 1.14 bits per heavy atom. The van der Waals surface area contributed by atoms with Crippen molar-refractivity contribution in [3.63, 3.8) is 0 Å². The van der Waals surface area contributed by atoms with Crippen LogP contribution >= 0.6 is 0 Å². The predicted octanol–water partition coefficient (Wildman–Crippen LogP) is 1.80. The standard InChI is InChI=1S/C18H14F3N5O3/c19-18(20,21)13-9-15(27)22-11-5-1-2-6-12(11)26(13)16(28)10-25-17(29)24-8-4-3-7-14(24)23-25/h1-8,13H,9-10H2,(H,22,27). The Morgan fingerprint density at radius 2 is 1.86 bits per heavy atom. The number of anilines is 2. The number of halogens is 3. The summed E-state index contributed by atoms with van der Waals surface area (Å²) in [5.74, 6) is -1.87. The summed E-state index contributed by atoms with van der Waals surface area (Å²) in [6.45, 7) is -0.713. The normalized spacial score (nSPS) is 17.0. The van der Waals surface area contributed by atoms with Crippen molar-refractivity contribution < 1.29 is 22.8 Å². The quantitative estimate of drug-likeness (QED) is 0.704. The van der Waals surface area contributed by atoms with Gasteiger partial charge in [-0.15, -0.1) is 5.10 Å². The summed E-state index contributed by atoms with van der Waals surface area (Å²) >= 11 is 0. The Labute approximate surface area is 161 Å². The third kappa shape index (κ3) is 3.35. The van der Waals surface area contributed by atoms with Gasteiger partial charge >= 0.3 is 11.9 Å². The van der Waals surface area contributed by atoms with E-state index in [-0.39, 0.29) is 17.0 Å². The number of alkyl halides is 3. The van der Waals surface area contributed by atoms with E-state index in [0.717, 1.165) is 4.68 Å². The molecule has 1 atom stereocenters. The molecule has 0 saturated carbocycles. The van der Waals surface area contributed by atoms with Gasteiger partial charge in [0, 0.05) is 6.20 Å². The van der Waals surface area contributed by atoms with Gasteiger partial charge in [-0.2, -0.15) is 13.2 Å². The van der Waals surface area contributed by atoms with Crippen molar-refractivity contribution in [3.05, 3.63) is 59.1 Å². The van der Waals surface area contributed by atoms with Crippen molar-refractivity contribution in [1.29, 1.82) is 0 Å². The van der Waals surface area contributed by atoms with Crippen LogP contribution in [-0.2, 0) is 16.1 Å². The third-order valence-corrected chi connectivity index (χ3v) is 4.55. The molecule has 29 heavy (non-hydrogen) atoms. The summed E-state index contributed by atoms with van der Waals surface area (Å²) in [7, 11) is 0. The van der Waals surface area contributed by atoms with E-state index in [4.69, 9.17) is 0 Å². The molecule has 150 valence electrons. The van der Waals surface area contributed by atoms with E-state index in [0.29, 0.717) is 4.90 Å². The SMILES string of the molecule is O=C1CC(C(F)(F)F)N(C(=O)Cn2nc3ccccn3c2=O)c2ccccc2N1. The first kappa shape index (κ1) is 18.7. The summed E-state index contributed by atoms with van der Waals surface area (Å²) in [5.41, 5.74) is -0.414. The number of para-hydroxylation sites is 2. The van der Waals surface area contributed by atoms with E-state index in [1.54, 1.807) is 12.1 Å². The van der Waals surface area contributed by atoms with Crippen molar-refractivity contribution in [2.45, 2.75) is 25.2 Å². The van der Waals surface area contributed by atoms with Crippen LogP contribution in [0.1, 0.15) is 6.42 Å². The minimum atomic E-state index is -4.85. The number of nitrogens with zero attached hydrogens (tertiary/aromatic N) is 4. The van der Waals surface area contributed by atoms with Crippen LogP contribution in [0.25, 0.3) is 5.65 Å².